The third-order valence-electron chi connectivity index (χ3n) is 8.76. The molecule has 3 aliphatic carbocycles. The van der Waals surface area contributed by atoms with Gasteiger partial charge >= 0.3 is 0 Å². The number of hydrogen-bond acceptors (Lipinski definition) is 5. The Hall–Kier alpha value is -1.92. The fraction of sp³-hybridized carbons (Fsp3) is 0.704. The Balaban J connectivity index is 1.44. The molecule has 1 saturated heterocycles. The number of nitrogens with one attached hydrogen (secondary N) is 1. The number of piperidine rings is 1. The molecule has 3 fully saturated rings. The zero-order chi connectivity index (χ0) is 23.4. The number of Topliss-reactive ketones (excluding diaryl/α,β-unsaturated/α-hetero) is 1. The Labute approximate surface area is 196 Å². The van der Waals surface area contributed by atoms with Crippen molar-refractivity contribution >= 4 is 11.7 Å². The second-order valence-electron chi connectivity index (χ2n) is 11.5. The second-order valence-corrected chi connectivity index (χ2v) is 11.5. The van der Waals surface area contributed by atoms with E-state index in [1.807, 2.05) is 6.07 Å². The number of nitrogens with zero attached hydrogens (tertiary/aromatic N) is 1. The Morgan fingerprint density at radius 2 is 2.09 bits per heavy atom. The highest BCUT2D eigenvalue weighted by Crippen LogP contribution is 2.58. The topological polar surface area (TPSA) is 89.9 Å². The highest BCUT2D eigenvalue weighted by molar-refractivity contribution is 5.91. The smallest absolute Gasteiger partial charge is 0.220 e. The quantitative estimate of drug-likeness (QED) is 0.589. The lowest BCUT2D eigenvalue weighted by Crippen LogP contribution is -2.76. The van der Waals surface area contributed by atoms with Gasteiger partial charge < -0.3 is 15.5 Å². The van der Waals surface area contributed by atoms with Crippen molar-refractivity contribution in [3.63, 3.8) is 0 Å². The second kappa shape index (κ2) is 8.38. The van der Waals surface area contributed by atoms with Crippen LogP contribution in [0.4, 0.5) is 0 Å². The number of rotatable bonds is 7. The summed E-state index contributed by atoms with van der Waals surface area (Å²) in [5, 5.41) is 25.7. The maximum Gasteiger partial charge on any atom is 0.220 e. The van der Waals surface area contributed by atoms with Crippen molar-refractivity contribution in [3.8, 4) is 5.75 Å². The van der Waals surface area contributed by atoms with Crippen LogP contribution in [0.3, 0.4) is 0 Å². The van der Waals surface area contributed by atoms with Crippen molar-refractivity contribution in [2.45, 2.75) is 94.7 Å². The number of carbonyl (C=O) groups excluding carboxylic acids is 2. The molecule has 33 heavy (non-hydrogen) atoms. The number of benzene rings is 1. The molecule has 2 saturated carbocycles. The molecule has 4 atom stereocenters. The van der Waals surface area contributed by atoms with E-state index in [1.54, 1.807) is 12.1 Å². The van der Waals surface area contributed by atoms with Crippen LogP contribution >= 0.6 is 0 Å². The minimum absolute atomic E-state index is 0.00229. The largest absolute Gasteiger partial charge is 0.508 e. The number of phenolic OH excluding ortho intramolecular Hbond substituents is 1. The number of amides is 1. The summed E-state index contributed by atoms with van der Waals surface area (Å²) in [6.07, 6.45) is 6.59. The molecular formula is C27H38N2O4. The molecule has 0 aromatic heterocycles. The molecule has 1 aromatic rings. The first-order chi connectivity index (χ1) is 15.7. The van der Waals surface area contributed by atoms with Crippen LogP contribution in [0, 0.1) is 11.8 Å². The van der Waals surface area contributed by atoms with E-state index >= 15 is 0 Å². The molecule has 1 heterocycles. The first kappa shape index (κ1) is 22.9. The van der Waals surface area contributed by atoms with Crippen molar-refractivity contribution in [2.24, 2.45) is 11.8 Å². The maximum absolute atomic E-state index is 13.4. The van der Waals surface area contributed by atoms with Crippen LogP contribution in [0.15, 0.2) is 18.2 Å². The maximum atomic E-state index is 13.4. The molecule has 0 radical (unpaired) electrons. The van der Waals surface area contributed by atoms with Crippen LogP contribution in [0.1, 0.15) is 76.3 Å². The molecular weight excluding hydrogens is 416 g/mol. The van der Waals surface area contributed by atoms with Crippen LogP contribution in [-0.2, 0) is 21.4 Å². The standard InChI is InChI=1S/C27H38N2O4/c1-17(2)4-3-5-25(32)28-22-14-27(33)24-12-19-8-9-20(30)13-21(19)26(27,15-23(22)31)10-11-29(24)16-18-6-7-18/h8-9,13,17-18,22,24,30,33H,3-7,10-12,14-16H2,1-2H3,(H,28,32)/t22-,24+,26+,27+/m0/s1. The number of carbonyl (C=O) groups is 2. The first-order valence-corrected chi connectivity index (χ1v) is 12.8. The summed E-state index contributed by atoms with van der Waals surface area (Å²) < 4.78 is 0. The van der Waals surface area contributed by atoms with Gasteiger partial charge in [0.2, 0.25) is 5.91 Å². The van der Waals surface area contributed by atoms with Crippen LogP contribution in [0.5, 0.6) is 5.75 Å². The van der Waals surface area contributed by atoms with E-state index < -0.39 is 17.1 Å². The summed E-state index contributed by atoms with van der Waals surface area (Å²) in [5.74, 6) is 1.34. The number of aliphatic hydroxyl groups is 1. The number of ketones is 1. The first-order valence-electron chi connectivity index (χ1n) is 12.8. The van der Waals surface area contributed by atoms with Gasteiger partial charge in [-0.25, -0.2) is 0 Å². The average molecular weight is 455 g/mol. The fourth-order valence-electron chi connectivity index (χ4n) is 6.82. The van der Waals surface area contributed by atoms with Crippen LogP contribution in [0.2, 0.25) is 0 Å². The van der Waals surface area contributed by atoms with Gasteiger partial charge in [-0.1, -0.05) is 26.3 Å². The van der Waals surface area contributed by atoms with Gasteiger partial charge in [0.1, 0.15) is 5.75 Å². The summed E-state index contributed by atoms with van der Waals surface area (Å²) in [7, 11) is 0. The van der Waals surface area contributed by atoms with Crippen LogP contribution in [-0.4, -0.2) is 57.6 Å². The molecule has 0 unspecified atom stereocenters. The zero-order valence-corrected chi connectivity index (χ0v) is 20.0. The van der Waals surface area contributed by atoms with Crippen molar-refractivity contribution in [2.75, 3.05) is 13.1 Å². The third-order valence-corrected chi connectivity index (χ3v) is 8.76. The Morgan fingerprint density at radius 3 is 2.82 bits per heavy atom. The molecule has 4 aliphatic rings. The van der Waals surface area contributed by atoms with Crippen LogP contribution in [0.25, 0.3) is 0 Å². The van der Waals surface area contributed by atoms with Gasteiger partial charge in [-0.15, -0.1) is 0 Å². The fourth-order valence-corrected chi connectivity index (χ4v) is 6.82. The Morgan fingerprint density at radius 1 is 1.30 bits per heavy atom. The molecule has 1 aromatic carbocycles. The SMILES string of the molecule is CC(C)CCCC(=O)N[C@H]1C[C@@]2(O)[C@H]3Cc4ccc(O)cc4[C@@]2(CCN3CC2CC2)CC1=O. The lowest BCUT2D eigenvalue weighted by atomic mass is 9.48. The highest BCUT2D eigenvalue weighted by Gasteiger charge is 2.66. The minimum Gasteiger partial charge on any atom is -0.508 e. The molecule has 2 bridgehead atoms. The van der Waals surface area contributed by atoms with E-state index in [0.717, 1.165) is 37.1 Å². The van der Waals surface area contributed by atoms with Gasteiger partial charge in [0.05, 0.1) is 11.6 Å². The highest BCUT2D eigenvalue weighted by atomic mass is 16.3. The molecule has 1 aliphatic heterocycles. The number of hydrogen-bond donors (Lipinski definition) is 3. The van der Waals surface area contributed by atoms with Crippen LogP contribution < -0.4 is 5.32 Å². The molecule has 5 rings (SSSR count). The minimum atomic E-state index is -1.11. The molecule has 180 valence electrons. The molecule has 1 amide bonds. The molecule has 6 heteroatoms. The lowest BCUT2D eigenvalue weighted by molar-refractivity contribution is -0.178. The third kappa shape index (κ3) is 3.99. The van der Waals surface area contributed by atoms with Gasteiger partial charge in [-0.3, -0.25) is 14.5 Å². The van der Waals surface area contributed by atoms with E-state index in [0.29, 0.717) is 31.1 Å². The van der Waals surface area contributed by atoms with Crippen molar-refractivity contribution in [3.05, 3.63) is 29.3 Å². The summed E-state index contributed by atoms with van der Waals surface area (Å²) in [4.78, 5) is 28.4. The van der Waals surface area contributed by atoms with Gasteiger partial charge in [-0.05, 0) is 73.7 Å². The normalized spacial score (nSPS) is 33.5. The van der Waals surface area contributed by atoms with Crippen molar-refractivity contribution < 1.29 is 19.8 Å². The molecule has 3 N–H and O–H groups in total. The summed E-state index contributed by atoms with van der Waals surface area (Å²) in [6.45, 7) is 6.14. The van der Waals surface area contributed by atoms with E-state index in [2.05, 4.69) is 24.1 Å². The summed E-state index contributed by atoms with van der Waals surface area (Å²) >= 11 is 0. The van der Waals surface area contributed by atoms with Gasteiger partial charge in [0.15, 0.2) is 5.78 Å². The van der Waals surface area contributed by atoms with E-state index in [4.69, 9.17) is 0 Å². The predicted molar refractivity (Wildman–Crippen MR) is 126 cm³/mol. The summed E-state index contributed by atoms with van der Waals surface area (Å²) in [5.41, 5.74) is 0.263. The Bertz CT molecular complexity index is 942. The van der Waals surface area contributed by atoms with Gasteiger partial charge in [-0.2, -0.15) is 0 Å². The molecule has 0 spiro atoms. The number of phenols is 1. The lowest BCUT2D eigenvalue weighted by Gasteiger charge is -2.64. The number of likely N-dealkylation sites (tertiary alicyclic amines) is 1. The van der Waals surface area contributed by atoms with E-state index in [-0.39, 0.29) is 36.3 Å². The monoisotopic (exact) mass is 454 g/mol. The van der Waals surface area contributed by atoms with Crippen molar-refractivity contribution in [1.29, 1.82) is 0 Å². The number of aromatic hydroxyl groups is 1. The number of fused-ring (bicyclic) bond motifs is 1. The molecule has 6 nitrogen and oxygen atoms in total. The van der Waals surface area contributed by atoms with Gasteiger partial charge in [0, 0.05) is 37.3 Å². The van der Waals surface area contributed by atoms with E-state index in [9.17, 15) is 19.8 Å². The Kier molecular flexibility index (Phi) is 5.81. The summed E-state index contributed by atoms with van der Waals surface area (Å²) in [6, 6.07) is 4.73. The van der Waals surface area contributed by atoms with Crippen molar-refractivity contribution in [1.82, 2.24) is 10.2 Å². The predicted octanol–water partition coefficient (Wildman–Crippen LogP) is 3.08. The van der Waals surface area contributed by atoms with Gasteiger partial charge in [0.25, 0.3) is 0 Å². The zero-order valence-electron chi connectivity index (χ0n) is 20.0. The average Bonchev–Trinajstić information content (AvgIpc) is 3.55. The van der Waals surface area contributed by atoms with E-state index in [1.165, 1.54) is 12.8 Å².